The van der Waals surface area contributed by atoms with Gasteiger partial charge in [-0.25, -0.2) is 4.98 Å². The molecule has 1 fully saturated rings. The summed E-state index contributed by atoms with van der Waals surface area (Å²) in [5, 5.41) is 6.31. The number of aromatic nitrogens is 1. The number of anilines is 1. The fourth-order valence-corrected chi connectivity index (χ4v) is 2.50. The molecule has 1 saturated heterocycles. The van der Waals surface area contributed by atoms with Crippen LogP contribution in [-0.2, 0) is 6.18 Å². The van der Waals surface area contributed by atoms with Gasteiger partial charge in [0.25, 0.3) is 0 Å². The van der Waals surface area contributed by atoms with Crippen LogP contribution in [0.1, 0.15) is 31.7 Å². The van der Waals surface area contributed by atoms with E-state index in [-0.39, 0.29) is 0 Å². The molecule has 0 saturated carbocycles. The van der Waals surface area contributed by atoms with Gasteiger partial charge in [0, 0.05) is 38.9 Å². The van der Waals surface area contributed by atoms with Crippen molar-refractivity contribution < 1.29 is 13.2 Å². The fraction of sp³-hybridized carbons (Fsp3) is 0.625. The molecule has 0 aromatic carbocycles. The van der Waals surface area contributed by atoms with Crippen LogP contribution in [-0.4, -0.2) is 48.6 Å². The number of nitrogens with zero attached hydrogens (tertiary/aromatic N) is 3. The van der Waals surface area contributed by atoms with Crippen molar-refractivity contribution in [2.45, 2.75) is 32.4 Å². The maximum atomic E-state index is 12.5. The first-order valence-corrected chi connectivity index (χ1v) is 8.31. The lowest BCUT2D eigenvalue weighted by Gasteiger charge is -2.20. The number of halogens is 3. The van der Waals surface area contributed by atoms with Crippen LogP contribution in [0, 0.1) is 0 Å². The summed E-state index contributed by atoms with van der Waals surface area (Å²) in [6.45, 7) is 6.24. The van der Waals surface area contributed by atoms with E-state index in [1.54, 1.807) is 0 Å². The van der Waals surface area contributed by atoms with E-state index in [0.29, 0.717) is 18.9 Å². The number of likely N-dealkylation sites (tertiary alicyclic amines) is 1. The molecule has 134 valence electrons. The molecular weight excluding hydrogens is 319 g/mol. The van der Waals surface area contributed by atoms with Crippen molar-refractivity contribution in [3.8, 4) is 0 Å². The topological polar surface area (TPSA) is 52.6 Å². The average Bonchev–Trinajstić information content (AvgIpc) is 3.07. The second kappa shape index (κ2) is 8.75. The van der Waals surface area contributed by atoms with Gasteiger partial charge in [-0.15, -0.1) is 0 Å². The smallest absolute Gasteiger partial charge is 0.370 e. The lowest BCUT2D eigenvalue weighted by Crippen LogP contribution is -2.39. The van der Waals surface area contributed by atoms with Gasteiger partial charge in [-0.2, -0.15) is 13.2 Å². The molecule has 2 heterocycles. The van der Waals surface area contributed by atoms with Crippen molar-refractivity contribution in [2.75, 3.05) is 38.0 Å². The van der Waals surface area contributed by atoms with E-state index in [9.17, 15) is 13.2 Å². The molecule has 1 aliphatic heterocycles. The standard InChI is InChI=1S/C16H24F3N5/c1-2-20-15(24-10-3-4-11-24)22-9-5-8-21-14-7-6-13(12-23-14)16(17,18)19/h6-7,12H,2-5,8-11H2,1H3,(H,20,22)(H,21,23). The van der Waals surface area contributed by atoms with Gasteiger partial charge in [-0.3, -0.25) is 4.99 Å². The van der Waals surface area contributed by atoms with Gasteiger partial charge >= 0.3 is 6.18 Å². The van der Waals surface area contributed by atoms with Crippen molar-refractivity contribution in [3.63, 3.8) is 0 Å². The van der Waals surface area contributed by atoms with Crippen LogP contribution in [0.3, 0.4) is 0 Å². The highest BCUT2D eigenvalue weighted by Crippen LogP contribution is 2.28. The number of guanidine groups is 1. The Bertz CT molecular complexity index is 522. The normalized spacial score (nSPS) is 15.7. The average molecular weight is 343 g/mol. The molecule has 8 heteroatoms. The number of rotatable bonds is 6. The van der Waals surface area contributed by atoms with E-state index in [1.165, 1.54) is 18.9 Å². The summed E-state index contributed by atoms with van der Waals surface area (Å²) in [5.41, 5.74) is -0.737. The summed E-state index contributed by atoms with van der Waals surface area (Å²) < 4.78 is 37.4. The van der Waals surface area contributed by atoms with Crippen molar-refractivity contribution in [1.29, 1.82) is 0 Å². The molecule has 0 spiro atoms. The predicted molar refractivity (Wildman–Crippen MR) is 89.1 cm³/mol. The molecule has 5 nitrogen and oxygen atoms in total. The predicted octanol–water partition coefficient (Wildman–Crippen LogP) is 2.96. The molecule has 0 unspecified atom stereocenters. The molecule has 0 aliphatic carbocycles. The second-order valence-electron chi connectivity index (χ2n) is 5.64. The van der Waals surface area contributed by atoms with Gasteiger partial charge in [0.1, 0.15) is 5.82 Å². The van der Waals surface area contributed by atoms with Gasteiger partial charge < -0.3 is 15.5 Å². The third-order valence-corrected chi connectivity index (χ3v) is 3.73. The van der Waals surface area contributed by atoms with Crippen LogP contribution in [0.2, 0.25) is 0 Å². The fourth-order valence-electron chi connectivity index (χ4n) is 2.50. The minimum Gasteiger partial charge on any atom is -0.370 e. The molecule has 1 aromatic rings. The molecule has 0 amide bonds. The zero-order chi connectivity index (χ0) is 17.4. The Morgan fingerprint density at radius 3 is 2.62 bits per heavy atom. The van der Waals surface area contributed by atoms with E-state index in [1.807, 2.05) is 6.92 Å². The highest BCUT2D eigenvalue weighted by Gasteiger charge is 2.30. The number of hydrogen-bond donors (Lipinski definition) is 2. The first-order chi connectivity index (χ1) is 11.5. The number of pyridine rings is 1. The molecule has 0 bridgehead atoms. The van der Waals surface area contributed by atoms with Crippen molar-refractivity contribution in [1.82, 2.24) is 15.2 Å². The number of alkyl halides is 3. The molecule has 0 radical (unpaired) electrons. The molecule has 2 rings (SSSR count). The van der Waals surface area contributed by atoms with Crippen LogP contribution < -0.4 is 10.6 Å². The van der Waals surface area contributed by atoms with Crippen LogP contribution >= 0.6 is 0 Å². The van der Waals surface area contributed by atoms with Gasteiger partial charge in [0.2, 0.25) is 0 Å². The van der Waals surface area contributed by atoms with E-state index in [2.05, 4.69) is 25.5 Å². The molecular formula is C16H24F3N5. The third kappa shape index (κ3) is 5.58. The van der Waals surface area contributed by atoms with E-state index >= 15 is 0 Å². The first-order valence-electron chi connectivity index (χ1n) is 8.31. The largest absolute Gasteiger partial charge is 0.417 e. The van der Waals surface area contributed by atoms with E-state index < -0.39 is 11.7 Å². The maximum Gasteiger partial charge on any atom is 0.417 e. The van der Waals surface area contributed by atoms with Gasteiger partial charge in [-0.05, 0) is 38.3 Å². The highest BCUT2D eigenvalue weighted by atomic mass is 19.4. The van der Waals surface area contributed by atoms with Gasteiger partial charge in [-0.1, -0.05) is 0 Å². The Labute approximate surface area is 140 Å². The van der Waals surface area contributed by atoms with Crippen LogP contribution in [0.4, 0.5) is 19.0 Å². The Balaban J connectivity index is 1.74. The monoisotopic (exact) mass is 343 g/mol. The van der Waals surface area contributed by atoms with Gasteiger partial charge in [0.05, 0.1) is 5.56 Å². The first kappa shape index (κ1) is 18.4. The molecule has 0 atom stereocenters. The van der Waals surface area contributed by atoms with Crippen LogP contribution in [0.15, 0.2) is 23.3 Å². The molecule has 1 aliphatic rings. The summed E-state index contributed by atoms with van der Waals surface area (Å²) in [7, 11) is 0. The minimum absolute atomic E-state index is 0.443. The van der Waals surface area contributed by atoms with Crippen molar-refractivity contribution >= 4 is 11.8 Å². The second-order valence-corrected chi connectivity index (χ2v) is 5.64. The number of hydrogen-bond acceptors (Lipinski definition) is 3. The zero-order valence-electron chi connectivity index (χ0n) is 13.9. The zero-order valence-corrected chi connectivity index (χ0v) is 13.9. The summed E-state index contributed by atoms with van der Waals surface area (Å²) in [6, 6.07) is 2.38. The SMILES string of the molecule is CCNC(=NCCCNc1ccc(C(F)(F)F)cn1)N1CCCC1. The lowest BCUT2D eigenvalue weighted by molar-refractivity contribution is -0.137. The minimum atomic E-state index is -4.35. The summed E-state index contributed by atoms with van der Waals surface area (Å²) in [5.74, 6) is 1.39. The molecule has 1 aromatic heterocycles. The number of aliphatic imine (C=N–C) groups is 1. The van der Waals surface area contributed by atoms with Crippen molar-refractivity contribution in [2.24, 2.45) is 4.99 Å². The maximum absolute atomic E-state index is 12.5. The summed E-state index contributed by atoms with van der Waals surface area (Å²) in [6.07, 6.45) is -0.321. The van der Waals surface area contributed by atoms with Crippen LogP contribution in [0.25, 0.3) is 0 Å². The lowest BCUT2D eigenvalue weighted by atomic mass is 10.3. The summed E-state index contributed by atoms with van der Waals surface area (Å²) >= 11 is 0. The number of nitrogens with one attached hydrogen (secondary N) is 2. The molecule has 2 N–H and O–H groups in total. The van der Waals surface area contributed by atoms with E-state index in [0.717, 1.165) is 44.3 Å². The highest BCUT2D eigenvalue weighted by molar-refractivity contribution is 5.80. The Hall–Kier alpha value is -1.99. The quantitative estimate of drug-likeness (QED) is 0.474. The summed E-state index contributed by atoms with van der Waals surface area (Å²) in [4.78, 5) is 10.6. The van der Waals surface area contributed by atoms with E-state index in [4.69, 9.17) is 0 Å². The van der Waals surface area contributed by atoms with Crippen molar-refractivity contribution in [3.05, 3.63) is 23.9 Å². The van der Waals surface area contributed by atoms with Crippen LogP contribution in [0.5, 0.6) is 0 Å². The van der Waals surface area contributed by atoms with Gasteiger partial charge in [0.15, 0.2) is 5.96 Å². The Morgan fingerprint density at radius 2 is 2.04 bits per heavy atom. The Kier molecular flexibility index (Phi) is 6.69. The molecule has 24 heavy (non-hydrogen) atoms. The Morgan fingerprint density at radius 1 is 1.29 bits per heavy atom. The third-order valence-electron chi connectivity index (χ3n) is 3.73.